The molecule has 0 saturated carbocycles. The van der Waals surface area contributed by atoms with E-state index in [-0.39, 0.29) is 0 Å². The fourth-order valence-electron chi connectivity index (χ4n) is 1.38. The van der Waals surface area contributed by atoms with Crippen molar-refractivity contribution < 1.29 is 14.3 Å². The summed E-state index contributed by atoms with van der Waals surface area (Å²) in [5, 5.41) is 11.7. The van der Waals surface area contributed by atoms with Crippen LogP contribution in [0.25, 0.3) is 11.0 Å². The summed E-state index contributed by atoms with van der Waals surface area (Å²) in [7, 11) is 0. The predicted octanol–water partition coefficient (Wildman–Crippen LogP) is 2.83. The zero-order chi connectivity index (χ0) is 10.1. The van der Waals surface area contributed by atoms with Crippen LogP contribution in [0.5, 0.6) is 0 Å². The van der Waals surface area contributed by atoms with Crippen LogP contribution >= 0.6 is 0 Å². The lowest BCUT2D eigenvalue weighted by Crippen LogP contribution is -2.06. The molecule has 0 fully saturated rings. The molecule has 2 rings (SSSR count). The van der Waals surface area contributed by atoms with Crippen LogP contribution in [-0.2, 0) is 0 Å². The third-order valence-corrected chi connectivity index (χ3v) is 1.89. The number of hydrogen-bond donors (Lipinski definition) is 2. The highest BCUT2D eigenvalue weighted by Gasteiger charge is 2.02. The van der Waals surface area contributed by atoms with Gasteiger partial charge in [0.2, 0.25) is 0 Å². The number of anilines is 1. The molecule has 0 saturated heterocycles. The van der Waals surface area contributed by atoms with Crippen LogP contribution in [0.4, 0.5) is 10.5 Å². The lowest BCUT2D eigenvalue weighted by Gasteiger charge is -1.98. The van der Waals surface area contributed by atoms with E-state index in [1.807, 2.05) is 13.0 Å². The Bertz CT molecular complexity index is 487. The minimum absolute atomic E-state index is 0.547. The van der Waals surface area contributed by atoms with Crippen LogP contribution in [0.2, 0.25) is 0 Å². The first-order valence-corrected chi connectivity index (χ1v) is 4.15. The highest BCUT2D eigenvalue weighted by molar-refractivity contribution is 5.88. The molecule has 0 aliphatic carbocycles. The second-order valence-corrected chi connectivity index (χ2v) is 3.04. The molecule has 2 N–H and O–H groups in total. The number of nitrogens with one attached hydrogen (secondary N) is 1. The zero-order valence-corrected chi connectivity index (χ0v) is 7.57. The van der Waals surface area contributed by atoms with Crippen LogP contribution in [0.3, 0.4) is 0 Å². The molecule has 4 nitrogen and oxygen atoms in total. The molecule has 1 amide bonds. The summed E-state index contributed by atoms with van der Waals surface area (Å²) in [5.74, 6) is 0.812. The van der Waals surface area contributed by atoms with Gasteiger partial charge in [-0.1, -0.05) is 0 Å². The lowest BCUT2D eigenvalue weighted by atomic mass is 10.2. The number of carbonyl (C=O) groups is 1. The summed E-state index contributed by atoms with van der Waals surface area (Å²) in [5.41, 5.74) is 1.31. The van der Waals surface area contributed by atoms with Crippen LogP contribution in [-0.4, -0.2) is 11.2 Å². The number of aryl methyl sites for hydroxylation is 1. The molecule has 0 atom stereocenters. The number of amides is 1. The Hall–Kier alpha value is -1.97. The fourth-order valence-corrected chi connectivity index (χ4v) is 1.38. The Morgan fingerprint density at radius 3 is 2.93 bits per heavy atom. The third kappa shape index (κ3) is 1.54. The number of benzene rings is 1. The second kappa shape index (κ2) is 3.06. The molecule has 0 aliphatic rings. The van der Waals surface area contributed by atoms with Gasteiger partial charge < -0.3 is 9.52 Å². The van der Waals surface area contributed by atoms with Gasteiger partial charge >= 0.3 is 6.09 Å². The molecular formula is C10H9NO3. The molecular weight excluding hydrogens is 182 g/mol. The van der Waals surface area contributed by atoms with E-state index in [1.54, 1.807) is 18.2 Å². The topological polar surface area (TPSA) is 62.5 Å². The van der Waals surface area contributed by atoms with Crippen molar-refractivity contribution in [2.24, 2.45) is 0 Å². The number of furan rings is 1. The van der Waals surface area contributed by atoms with E-state index >= 15 is 0 Å². The van der Waals surface area contributed by atoms with Gasteiger partial charge in [0.05, 0.1) is 0 Å². The van der Waals surface area contributed by atoms with Crippen molar-refractivity contribution in [3.8, 4) is 0 Å². The molecule has 4 heteroatoms. The average molecular weight is 191 g/mol. The molecule has 1 aromatic heterocycles. The fraction of sp³-hybridized carbons (Fsp3) is 0.100. The number of rotatable bonds is 1. The minimum Gasteiger partial charge on any atom is -0.465 e. The van der Waals surface area contributed by atoms with Crippen molar-refractivity contribution in [2.45, 2.75) is 6.92 Å². The lowest BCUT2D eigenvalue weighted by molar-refractivity contribution is 0.210. The second-order valence-electron chi connectivity index (χ2n) is 3.04. The van der Waals surface area contributed by atoms with Crippen LogP contribution in [0.15, 0.2) is 28.7 Å². The summed E-state index contributed by atoms with van der Waals surface area (Å²) >= 11 is 0. The van der Waals surface area contributed by atoms with E-state index in [0.29, 0.717) is 5.69 Å². The maximum absolute atomic E-state index is 10.4. The first-order valence-electron chi connectivity index (χ1n) is 4.15. The Balaban J connectivity index is 2.45. The highest BCUT2D eigenvalue weighted by Crippen LogP contribution is 2.22. The number of carboxylic acid groups (broad SMARTS) is 1. The van der Waals surface area contributed by atoms with Gasteiger partial charge in [-0.3, -0.25) is 5.32 Å². The van der Waals surface area contributed by atoms with E-state index in [4.69, 9.17) is 9.52 Å². The van der Waals surface area contributed by atoms with E-state index < -0.39 is 6.09 Å². The summed E-state index contributed by atoms with van der Waals surface area (Å²) < 4.78 is 5.35. The molecule has 0 bridgehead atoms. The predicted molar refractivity (Wildman–Crippen MR) is 52.6 cm³/mol. The molecule has 0 unspecified atom stereocenters. The van der Waals surface area contributed by atoms with Gasteiger partial charge in [0.1, 0.15) is 11.3 Å². The van der Waals surface area contributed by atoms with E-state index in [1.165, 1.54) is 0 Å². The van der Waals surface area contributed by atoms with Crippen molar-refractivity contribution in [1.82, 2.24) is 0 Å². The van der Waals surface area contributed by atoms with E-state index in [0.717, 1.165) is 16.7 Å². The van der Waals surface area contributed by atoms with Gasteiger partial charge in [0.15, 0.2) is 0 Å². The van der Waals surface area contributed by atoms with Crippen molar-refractivity contribution in [2.75, 3.05) is 5.32 Å². The number of hydrogen-bond acceptors (Lipinski definition) is 2. The summed E-state index contributed by atoms with van der Waals surface area (Å²) in [6.07, 6.45) is -1.07. The van der Waals surface area contributed by atoms with Gasteiger partial charge in [-0.25, -0.2) is 4.79 Å². The van der Waals surface area contributed by atoms with Crippen LogP contribution in [0, 0.1) is 6.92 Å². The van der Waals surface area contributed by atoms with Gasteiger partial charge in [0.25, 0.3) is 0 Å². The van der Waals surface area contributed by atoms with Crippen molar-refractivity contribution in [3.05, 3.63) is 30.0 Å². The Labute approximate surface area is 80.1 Å². The molecule has 1 aromatic carbocycles. The first-order chi connectivity index (χ1) is 6.65. The van der Waals surface area contributed by atoms with Crippen LogP contribution < -0.4 is 5.32 Å². The molecule has 2 aromatic rings. The smallest absolute Gasteiger partial charge is 0.409 e. The summed E-state index contributed by atoms with van der Waals surface area (Å²) in [6.45, 7) is 1.85. The summed E-state index contributed by atoms with van der Waals surface area (Å²) in [6, 6.07) is 7.01. The van der Waals surface area contributed by atoms with Gasteiger partial charge in [-0.05, 0) is 31.2 Å². The third-order valence-electron chi connectivity index (χ3n) is 1.89. The normalized spacial score (nSPS) is 10.4. The molecule has 1 heterocycles. The van der Waals surface area contributed by atoms with Gasteiger partial charge in [-0.15, -0.1) is 0 Å². The highest BCUT2D eigenvalue weighted by atomic mass is 16.4. The van der Waals surface area contributed by atoms with E-state index in [2.05, 4.69) is 5.32 Å². The van der Waals surface area contributed by atoms with Gasteiger partial charge in [0, 0.05) is 11.1 Å². The maximum atomic E-state index is 10.4. The van der Waals surface area contributed by atoms with Crippen LogP contribution in [0.1, 0.15) is 5.76 Å². The number of fused-ring (bicyclic) bond motifs is 1. The van der Waals surface area contributed by atoms with Crippen molar-refractivity contribution >= 4 is 22.7 Å². The zero-order valence-electron chi connectivity index (χ0n) is 7.57. The Morgan fingerprint density at radius 1 is 1.43 bits per heavy atom. The standard InChI is InChI=1S/C10H9NO3/c1-6-4-7-5-8(11-10(12)13)2-3-9(7)14-6/h2-5,11H,1H3,(H,12,13). The van der Waals surface area contributed by atoms with Gasteiger partial charge in [-0.2, -0.15) is 0 Å². The molecule has 0 aliphatic heterocycles. The van der Waals surface area contributed by atoms with E-state index in [9.17, 15) is 4.79 Å². The first kappa shape index (κ1) is 8.62. The maximum Gasteiger partial charge on any atom is 0.409 e. The van der Waals surface area contributed by atoms with Crippen molar-refractivity contribution in [1.29, 1.82) is 0 Å². The minimum atomic E-state index is -1.07. The summed E-state index contributed by atoms with van der Waals surface area (Å²) in [4.78, 5) is 10.4. The monoisotopic (exact) mass is 191 g/mol. The Kier molecular flexibility index (Phi) is 1.89. The SMILES string of the molecule is Cc1cc2cc(NC(=O)O)ccc2o1. The molecule has 0 radical (unpaired) electrons. The quantitative estimate of drug-likeness (QED) is 0.728. The molecule has 72 valence electrons. The van der Waals surface area contributed by atoms with Crippen molar-refractivity contribution in [3.63, 3.8) is 0 Å². The largest absolute Gasteiger partial charge is 0.465 e. The molecule has 14 heavy (non-hydrogen) atoms. The molecule has 0 spiro atoms. The Morgan fingerprint density at radius 2 is 2.21 bits per heavy atom. The average Bonchev–Trinajstić information content (AvgIpc) is 2.42.